The summed E-state index contributed by atoms with van der Waals surface area (Å²) in [6.07, 6.45) is 7.49. The second-order valence-corrected chi connectivity index (χ2v) is 5.24. The fourth-order valence-corrected chi connectivity index (χ4v) is 2.65. The van der Waals surface area contributed by atoms with Crippen LogP contribution < -0.4 is 0 Å². The molecule has 3 rings (SSSR count). The normalized spacial score (nSPS) is 15.3. The average molecular weight is 316 g/mol. The highest BCUT2D eigenvalue weighted by Gasteiger charge is 2.41. The summed E-state index contributed by atoms with van der Waals surface area (Å²) in [5, 5.41) is 15.6. The first kappa shape index (κ1) is 15.4. The van der Waals surface area contributed by atoms with E-state index in [1.54, 1.807) is 53.9 Å². The zero-order valence-corrected chi connectivity index (χ0v) is 12.6. The van der Waals surface area contributed by atoms with Crippen LogP contribution in [-0.4, -0.2) is 31.5 Å². The van der Waals surface area contributed by atoms with E-state index < -0.39 is 11.8 Å². The molecule has 2 atom stereocenters. The quantitative estimate of drug-likeness (QED) is 0.755. The highest BCUT2D eigenvalue weighted by molar-refractivity contribution is 5.24. The van der Waals surface area contributed by atoms with Gasteiger partial charge >= 0.3 is 0 Å². The predicted octanol–water partition coefficient (Wildman–Crippen LogP) is 1.95. The topological polar surface area (TPSA) is 65.1 Å². The van der Waals surface area contributed by atoms with Crippen LogP contribution in [-0.2, 0) is 16.9 Å². The first-order valence-electron chi connectivity index (χ1n) is 7.09. The van der Waals surface area contributed by atoms with Crippen LogP contribution in [0.15, 0.2) is 61.4 Å². The molecule has 23 heavy (non-hydrogen) atoms. The molecular formula is C16H17FN4O2. The van der Waals surface area contributed by atoms with Gasteiger partial charge in [-0.2, -0.15) is 5.10 Å². The van der Waals surface area contributed by atoms with Crippen molar-refractivity contribution in [2.45, 2.75) is 18.4 Å². The highest BCUT2D eigenvalue weighted by Crippen LogP contribution is 2.35. The summed E-state index contributed by atoms with van der Waals surface area (Å²) in [5.41, 5.74) is -0.940. The van der Waals surface area contributed by atoms with E-state index in [2.05, 4.69) is 10.1 Å². The van der Waals surface area contributed by atoms with Crippen LogP contribution in [0, 0.1) is 5.82 Å². The molecule has 0 unspecified atom stereocenters. The molecule has 2 heterocycles. The van der Waals surface area contributed by atoms with Crippen molar-refractivity contribution in [2.75, 3.05) is 7.11 Å². The number of rotatable bonds is 6. The number of aliphatic hydroxyl groups is 1. The zero-order chi connectivity index (χ0) is 16.3. The van der Waals surface area contributed by atoms with Gasteiger partial charge < -0.3 is 14.4 Å². The molecule has 0 saturated heterocycles. The molecule has 1 aromatic carbocycles. The number of methoxy groups -OCH3 is 1. The van der Waals surface area contributed by atoms with E-state index in [0.717, 1.165) is 0 Å². The number of hydrogen-bond donors (Lipinski definition) is 1. The Morgan fingerprint density at radius 2 is 2.04 bits per heavy atom. The second-order valence-electron chi connectivity index (χ2n) is 5.24. The lowest BCUT2D eigenvalue weighted by molar-refractivity contribution is -0.152. The molecule has 0 aliphatic rings. The van der Waals surface area contributed by atoms with Crippen molar-refractivity contribution >= 4 is 0 Å². The maximum Gasteiger partial charge on any atom is 0.184 e. The van der Waals surface area contributed by atoms with Gasteiger partial charge in [-0.15, -0.1) is 0 Å². The number of ether oxygens (including phenoxy) is 1. The summed E-state index contributed by atoms with van der Waals surface area (Å²) < 4.78 is 22.0. The Balaban J connectivity index is 2.06. The molecule has 0 fully saturated rings. The Labute approximate surface area is 132 Å². The summed E-state index contributed by atoms with van der Waals surface area (Å²) >= 11 is 0. The highest BCUT2D eigenvalue weighted by atomic mass is 19.1. The van der Waals surface area contributed by atoms with Crippen molar-refractivity contribution in [2.24, 2.45) is 0 Å². The summed E-state index contributed by atoms with van der Waals surface area (Å²) in [6.45, 7) is 0.178. The molecule has 2 aromatic heterocycles. The predicted molar refractivity (Wildman–Crippen MR) is 80.8 cm³/mol. The number of nitrogens with zero attached hydrogens (tertiary/aromatic N) is 4. The molecule has 0 bridgehead atoms. The van der Waals surface area contributed by atoms with Gasteiger partial charge in [0.1, 0.15) is 5.82 Å². The van der Waals surface area contributed by atoms with Crippen molar-refractivity contribution in [3.63, 3.8) is 0 Å². The largest absolute Gasteiger partial charge is 0.378 e. The molecule has 0 radical (unpaired) electrons. The summed E-state index contributed by atoms with van der Waals surface area (Å²) in [4.78, 5) is 3.99. The Morgan fingerprint density at radius 1 is 1.26 bits per heavy atom. The van der Waals surface area contributed by atoms with Gasteiger partial charge in [0, 0.05) is 31.9 Å². The van der Waals surface area contributed by atoms with Gasteiger partial charge in [0.2, 0.25) is 0 Å². The van der Waals surface area contributed by atoms with E-state index in [1.807, 2.05) is 0 Å². The summed E-state index contributed by atoms with van der Waals surface area (Å²) in [6, 6.07) is 7.45. The van der Waals surface area contributed by atoms with E-state index in [1.165, 1.54) is 23.9 Å². The lowest BCUT2D eigenvalue weighted by Gasteiger charge is -2.36. The van der Waals surface area contributed by atoms with Gasteiger partial charge in [0.25, 0.3) is 0 Å². The first-order valence-corrected chi connectivity index (χ1v) is 7.09. The number of benzene rings is 1. The van der Waals surface area contributed by atoms with Crippen LogP contribution in [0.1, 0.15) is 11.8 Å². The molecule has 120 valence electrons. The molecule has 0 aliphatic heterocycles. The van der Waals surface area contributed by atoms with E-state index in [0.29, 0.717) is 5.56 Å². The minimum absolute atomic E-state index is 0.178. The lowest BCUT2D eigenvalue weighted by atomic mass is 9.91. The third-order valence-electron chi connectivity index (χ3n) is 3.72. The SMILES string of the molecule is CO[C@@H](n1cccn1)[C@@](O)(Cn1ccnc1)c1ccc(F)cc1. The molecule has 7 heteroatoms. The van der Waals surface area contributed by atoms with Crippen LogP contribution in [0.4, 0.5) is 4.39 Å². The van der Waals surface area contributed by atoms with Crippen molar-refractivity contribution in [1.29, 1.82) is 0 Å². The monoisotopic (exact) mass is 316 g/mol. The van der Waals surface area contributed by atoms with E-state index in [9.17, 15) is 9.50 Å². The maximum atomic E-state index is 13.3. The summed E-state index contributed by atoms with van der Waals surface area (Å²) in [7, 11) is 1.49. The second kappa shape index (κ2) is 6.31. The van der Waals surface area contributed by atoms with E-state index >= 15 is 0 Å². The van der Waals surface area contributed by atoms with Gasteiger partial charge in [-0.1, -0.05) is 12.1 Å². The van der Waals surface area contributed by atoms with Crippen LogP contribution in [0.2, 0.25) is 0 Å². The number of hydrogen-bond acceptors (Lipinski definition) is 4. The van der Waals surface area contributed by atoms with Crippen molar-refractivity contribution in [3.05, 3.63) is 72.8 Å². The average Bonchev–Trinajstić information content (AvgIpc) is 3.22. The van der Waals surface area contributed by atoms with E-state index in [4.69, 9.17) is 4.74 Å². The maximum absolute atomic E-state index is 13.3. The summed E-state index contributed by atoms with van der Waals surface area (Å²) in [5.74, 6) is -0.369. The van der Waals surface area contributed by atoms with Crippen molar-refractivity contribution in [1.82, 2.24) is 19.3 Å². The lowest BCUT2D eigenvalue weighted by Crippen LogP contribution is -2.42. The third-order valence-corrected chi connectivity index (χ3v) is 3.72. The fourth-order valence-electron chi connectivity index (χ4n) is 2.65. The Morgan fingerprint density at radius 3 is 2.61 bits per heavy atom. The van der Waals surface area contributed by atoms with Gasteiger partial charge in [-0.3, -0.25) is 0 Å². The minimum Gasteiger partial charge on any atom is -0.378 e. The van der Waals surface area contributed by atoms with E-state index in [-0.39, 0.29) is 12.4 Å². The van der Waals surface area contributed by atoms with Crippen molar-refractivity contribution in [3.8, 4) is 0 Å². The van der Waals surface area contributed by atoms with Crippen molar-refractivity contribution < 1.29 is 14.2 Å². The molecule has 0 spiro atoms. The number of aromatic nitrogens is 4. The Bertz CT molecular complexity index is 728. The molecule has 3 aromatic rings. The molecule has 0 amide bonds. The molecule has 6 nitrogen and oxygen atoms in total. The van der Waals surface area contributed by atoms with Crippen LogP contribution in [0.3, 0.4) is 0 Å². The zero-order valence-electron chi connectivity index (χ0n) is 12.6. The van der Waals surface area contributed by atoms with Gasteiger partial charge in [0.15, 0.2) is 11.8 Å². The van der Waals surface area contributed by atoms with Gasteiger partial charge in [-0.05, 0) is 23.8 Å². The van der Waals surface area contributed by atoms with Crippen LogP contribution >= 0.6 is 0 Å². The van der Waals surface area contributed by atoms with Gasteiger partial charge in [-0.25, -0.2) is 14.1 Å². The molecule has 0 aliphatic carbocycles. The third kappa shape index (κ3) is 3.01. The minimum atomic E-state index is -1.46. The standard InChI is InChI=1S/C16H17FN4O2/c1-23-15(21-9-2-7-19-21)16(22,11-20-10-8-18-12-20)13-3-5-14(17)6-4-13/h2-10,12,15,22H,11H2,1H3/t15-,16-/m1/s1. The Kier molecular flexibility index (Phi) is 4.22. The first-order chi connectivity index (χ1) is 11.1. The van der Waals surface area contributed by atoms with Crippen LogP contribution in [0.5, 0.6) is 0 Å². The molecular weight excluding hydrogens is 299 g/mol. The Hall–Kier alpha value is -2.51. The number of halogens is 1. The molecule has 0 saturated carbocycles. The smallest absolute Gasteiger partial charge is 0.184 e. The fraction of sp³-hybridized carbons (Fsp3) is 0.250. The molecule has 1 N–H and O–H groups in total. The van der Waals surface area contributed by atoms with Gasteiger partial charge in [0.05, 0.1) is 12.9 Å². The number of imidazole rings is 1. The van der Waals surface area contributed by atoms with Crippen LogP contribution in [0.25, 0.3) is 0 Å².